The minimum absolute atomic E-state index is 0.0223. The highest BCUT2D eigenvalue weighted by Gasteiger charge is 2.34. The summed E-state index contributed by atoms with van der Waals surface area (Å²) in [5.74, 6) is 0.351. The third-order valence-corrected chi connectivity index (χ3v) is 8.43. The predicted octanol–water partition coefficient (Wildman–Crippen LogP) is 4.39. The molecule has 204 valence electrons. The molecule has 3 rings (SSSR count). The second-order valence-electron chi connectivity index (χ2n) is 9.95. The van der Waals surface area contributed by atoms with Crippen molar-refractivity contribution in [3.63, 3.8) is 0 Å². The molecule has 1 amide bonds. The van der Waals surface area contributed by atoms with E-state index < -0.39 is 22.2 Å². The number of sulfonamides is 1. The molecule has 0 aliphatic rings. The first kappa shape index (κ1) is 29.4. The summed E-state index contributed by atoms with van der Waals surface area (Å²) in [5.41, 5.74) is 2.32. The fraction of sp³-hybridized carbons (Fsp3) is 0.367. The Bertz CT molecular complexity index is 1290. The van der Waals surface area contributed by atoms with Crippen molar-refractivity contribution in [1.82, 2.24) is 9.21 Å². The van der Waals surface area contributed by atoms with Gasteiger partial charge in [-0.15, -0.1) is 0 Å². The first-order valence-electron chi connectivity index (χ1n) is 12.7. The van der Waals surface area contributed by atoms with Crippen molar-refractivity contribution < 1.29 is 23.1 Å². The van der Waals surface area contributed by atoms with E-state index in [9.17, 15) is 18.3 Å². The number of aliphatic hydroxyl groups is 1. The molecule has 0 radical (unpaired) electrons. The minimum Gasteiger partial charge on any atom is -0.497 e. The fourth-order valence-corrected chi connectivity index (χ4v) is 6.07. The molecule has 0 aliphatic heterocycles. The van der Waals surface area contributed by atoms with E-state index >= 15 is 0 Å². The molecule has 38 heavy (non-hydrogen) atoms. The van der Waals surface area contributed by atoms with Crippen LogP contribution in [-0.2, 0) is 16.4 Å². The number of aliphatic hydroxyl groups excluding tert-OH is 1. The maximum absolute atomic E-state index is 13.6. The molecule has 0 aromatic heterocycles. The van der Waals surface area contributed by atoms with Gasteiger partial charge in [-0.05, 0) is 60.7 Å². The lowest BCUT2D eigenvalue weighted by atomic mass is 9.98. The van der Waals surface area contributed by atoms with Gasteiger partial charge in [-0.2, -0.15) is 4.31 Å². The third kappa shape index (κ3) is 7.22. The van der Waals surface area contributed by atoms with Crippen LogP contribution in [0.2, 0.25) is 0 Å². The summed E-state index contributed by atoms with van der Waals surface area (Å²) >= 11 is 0. The Kier molecular flexibility index (Phi) is 10.1. The van der Waals surface area contributed by atoms with Crippen molar-refractivity contribution in [2.24, 2.45) is 5.92 Å². The number of methoxy groups -OCH3 is 1. The number of amides is 1. The van der Waals surface area contributed by atoms with Crippen molar-refractivity contribution >= 4 is 15.9 Å². The van der Waals surface area contributed by atoms with Crippen LogP contribution >= 0.6 is 0 Å². The van der Waals surface area contributed by atoms with Gasteiger partial charge in [0.1, 0.15) is 5.75 Å². The Labute approximate surface area is 226 Å². The van der Waals surface area contributed by atoms with Gasteiger partial charge in [0.15, 0.2) is 0 Å². The summed E-state index contributed by atoms with van der Waals surface area (Å²) in [5, 5.41) is 11.6. The Morgan fingerprint density at radius 3 is 2.11 bits per heavy atom. The molecule has 0 saturated heterocycles. The number of hydrogen-bond donors (Lipinski definition) is 1. The van der Waals surface area contributed by atoms with Crippen molar-refractivity contribution in [3.8, 4) is 5.75 Å². The van der Waals surface area contributed by atoms with E-state index in [2.05, 4.69) is 0 Å². The second-order valence-corrected chi connectivity index (χ2v) is 11.9. The molecular weight excluding hydrogens is 500 g/mol. The van der Waals surface area contributed by atoms with E-state index in [1.807, 2.05) is 69.3 Å². The summed E-state index contributed by atoms with van der Waals surface area (Å²) in [7, 11) is -0.730. The van der Waals surface area contributed by atoms with Gasteiger partial charge in [0.25, 0.3) is 5.91 Å². The number of rotatable bonds is 12. The molecule has 8 heteroatoms. The Hall–Kier alpha value is -3.20. The second kappa shape index (κ2) is 13.0. The summed E-state index contributed by atoms with van der Waals surface area (Å²) in [6.07, 6.45) is -0.770. The molecule has 0 saturated carbocycles. The number of benzene rings is 3. The van der Waals surface area contributed by atoms with Gasteiger partial charge in [0.2, 0.25) is 10.0 Å². The van der Waals surface area contributed by atoms with Crippen molar-refractivity contribution in [2.75, 3.05) is 27.2 Å². The van der Waals surface area contributed by atoms with Gasteiger partial charge in [-0.25, -0.2) is 8.42 Å². The zero-order valence-corrected chi connectivity index (χ0v) is 23.6. The van der Waals surface area contributed by atoms with Crippen LogP contribution in [0.25, 0.3) is 0 Å². The van der Waals surface area contributed by atoms with Gasteiger partial charge in [0.05, 0.1) is 24.2 Å². The zero-order chi connectivity index (χ0) is 27.9. The number of carbonyl (C=O) groups excluding carboxylic acids is 1. The Morgan fingerprint density at radius 1 is 0.921 bits per heavy atom. The third-order valence-electron chi connectivity index (χ3n) is 6.58. The molecule has 0 bridgehead atoms. The quantitative estimate of drug-likeness (QED) is 0.370. The fourth-order valence-electron chi connectivity index (χ4n) is 4.45. The zero-order valence-electron chi connectivity index (χ0n) is 22.7. The van der Waals surface area contributed by atoms with Gasteiger partial charge in [-0.3, -0.25) is 4.79 Å². The predicted molar refractivity (Wildman–Crippen MR) is 150 cm³/mol. The average Bonchev–Trinajstić information content (AvgIpc) is 2.91. The maximum Gasteiger partial charge on any atom is 0.254 e. The van der Waals surface area contributed by atoms with E-state index in [0.717, 1.165) is 11.1 Å². The van der Waals surface area contributed by atoms with Crippen molar-refractivity contribution in [3.05, 3.63) is 95.6 Å². The lowest BCUT2D eigenvalue weighted by molar-refractivity contribution is 0.0370. The smallest absolute Gasteiger partial charge is 0.254 e. The van der Waals surface area contributed by atoms with Crippen LogP contribution in [0.5, 0.6) is 5.75 Å². The monoisotopic (exact) mass is 538 g/mol. The first-order chi connectivity index (χ1) is 18.0. The summed E-state index contributed by atoms with van der Waals surface area (Å²) in [4.78, 5) is 15.2. The molecule has 0 unspecified atom stereocenters. The largest absolute Gasteiger partial charge is 0.497 e. The van der Waals surface area contributed by atoms with E-state index in [4.69, 9.17) is 4.74 Å². The Balaban J connectivity index is 1.95. The van der Waals surface area contributed by atoms with E-state index in [-0.39, 0.29) is 29.8 Å². The van der Waals surface area contributed by atoms with Crippen molar-refractivity contribution in [1.29, 1.82) is 0 Å². The summed E-state index contributed by atoms with van der Waals surface area (Å²) in [6, 6.07) is 22.4. The molecule has 1 N–H and O–H groups in total. The topological polar surface area (TPSA) is 87.2 Å². The molecular formula is C30H38N2O5S. The van der Waals surface area contributed by atoms with E-state index in [0.29, 0.717) is 17.7 Å². The number of aryl methyl sites for hydroxylation is 1. The highest BCUT2D eigenvalue weighted by atomic mass is 32.2. The number of ether oxygens (including phenoxy) is 1. The number of hydrogen-bond acceptors (Lipinski definition) is 5. The van der Waals surface area contributed by atoms with Crippen LogP contribution in [-0.4, -0.2) is 68.0 Å². The molecule has 0 fully saturated rings. The molecule has 3 aromatic rings. The lowest BCUT2D eigenvalue weighted by Gasteiger charge is -2.35. The van der Waals surface area contributed by atoms with Gasteiger partial charge in [0, 0.05) is 25.7 Å². The first-order valence-corrected chi connectivity index (χ1v) is 14.2. The molecule has 0 aliphatic carbocycles. The summed E-state index contributed by atoms with van der Waals surface area (Å²) in [6.45, 7) is 5.79. The van der Waals surface area contributed by atoms with Gasteiger partial charge in [-0.1, -0.05) is 62.4 Å². The molecule has 7 nitrogen and oxygen atoms in total. The minimum atomic E-state index is -3.91. The van der Waals surface area contributed by atoms with Crippen LogP contribution < -0.4 is 4.74 Å². The number of likely N-dealkylation sites (N-methyl/N-ethyl adjacent to an activating group) is 1. The Morgan fingerprint density at radius 2 is 1.53 bits per heavy atom. The molecule has 3 aromatic carbocycles. The van der Waals surface area contributed by atoms with Crippen LogP contribution in [0, 0.1) is 12.8 Å². The lowest BCUT2D eigenvalue weighted by Crippen LogP contribution is -2.51. The standard InChI is InChI=1S/C30H38N2O5S/c1-22(2)20-32(38(35,36)26-17-15-25(37-5)16-18-26)21-29(33)28(19-24-12-7-6-8-13-24)31(4)30(34)27-14-10-9-11-23(27)3/h6-18,22,28-29,33H,19-21H2,1-5H3/t28-,29+/m0/s1. The van der Waals surface area contributed by atoms with Gasteiger partial charge < -0.3 is 14.7 Å². The van der Waals surface area contributed by atoms with Crippen LogP contribution in [0.1, 0.15) is 35.3 Å². The average molecular weight is 539 g/mol. The SMILES string of the molecule is COc1ccc(S(=O)(=O)N(CC(C)C)C[C@@H](O)[C@H](Cc2ccccc2)N(C)C(=O)c2ccccc2C)cc1. The molecule has 0 spiro atoms. The van der Waals surface area contributed by atoms with Crippen molar-refractivity contribution in [2.45, 2.75) is 44.2 Å². The van der Waals surface area contributed by atoms with Crippen LogP contribution in [0.4, 0.5) is 0 Å². The maximum atomic E-state index is 13.6. The normalized spacial score (nSPS) is 13.4. The van der Waals surface area contributed by atoms with Crippen LogP contribution in [0.15, 0.2) is 83.8 Å². The molecule has 2 atom stereocenters. The highest BCUT2D eigenvalue weighted by Crippen LogP contribution is 2.23. The number of nitrogens with zero attached hydrogens (tertiary/aromatic N) is 2. The molecule has 0 heterocycles. The van der Waals surface area contributed by atoms with E-state index in [1.54, 1.807) is 25.2 Å². The van der Waals surface area contributed by atoms with Gasteiger partial charge >= 0.3 is 0 Å². The van der Waals surface area contributed by atoms with E-state index in [1.165, 1.54) is 28.4 Å². The summed E-state index contributed by atoms with van der Waals surface area (Å²) < 4.78 is 33.8. The highest BCUT2D eigenvalue weighted by molar-refractivity contribution is 7.89. The number of carbonyl (C=O) groups is 1. The van der Waals surface area contributed by atoms with Crippen LogP contribution in [0.3, 0.4) is 0 Å².